The van der Waals surface area contributed by atoms with Gasteiger partial charge in [0, 0.05) is 5.69 Å². The molecule has 0 aliphatic carbocycles. The Balaban J connectivity index is 2.02. The molecule has 5 heteroatoms. The normalized spacial score (nSPS) is 11.4. The van der Waals surface area contributed by atoms with Crippen LogP contribution in [0.1, 0.15) is 34.5 Å². The van der Waals surface area contributed by atoms with Crippen molar-refractivity contribution < 1.29 is 9.53 Å². The van der Waals surface area contributed by atoms with Gasteiger partial charge in [-0.2, -0.15) is 0 Å². The van der Waals surface area contributed by atoms with Gasteiger partial charge in [-0.05, 0) is 55.4 Å². The van der Waals surface area contributed by atoms with Crippen LogP contribution in [0.2, 0.25) is 0 Å². The van der Waals surface area contributed by atoms with E-state index in [0.29, 0.717) is 10.7 Å². The molecular formula is C18H20N2O2S. The van der Waals surface area contributed by atoms with Crippen LogP contribution in [0, 0.1) is 6.92 Å². The van der Waals surface area contributed by atoms with E-state index in [1.807, 2.05) is 18.2 Å². The molecule has 0 aromatic heterocycles. The van der Waals surface area contributed by atoms with Gasteiger partial charge in [-0.3, -0.25) is 0 Å². The molecule has 2 rings (SSSR count). The van der Waals surface area contributed by atoms with Gasteiger partial charge in [0.2, 0.25) is 0 Å². The second-order valence-electron chi connectivity index (χ2n) is 5.25. The summed E-state index contributed by atoms with van der Waals surface area (Å²) in [7, 11) is 1.36. The zero-order chi connectivity index (χ0) is 16.8. The molecule has 1 unspecified atom stereocenters. The fourth-order valence-corrected chi connectivity index (χ4v) is 2.65. The molecule has 0 amide bonds. The highest BCUT2D eigenvalue weighted by molar-refractivity contribution is 7.80. The molecular weight excluding hydrogens is 308 g/mol. The summed E-state index contributed by atoms with van der Waals surface area (Å²) in [5, 5.41) is 6.85. The third-order valence-corrected chi connectivity index (χ3v) is 3.76. The number of esters is 1. The van der Waals surface area contributed by atoms with E-state index >= 15 is 0 Å². The highest BCUT2D eigenvalue weighted by Gasteiger charge is 2.10. The first-order valence-electron chi connectivity index (χ1n) is 7.32. The lowest BCUT2D eigenvalue weighted by Crippen LogP contribution is -2.31. The smallest absolute Gasteiger partial charge is 0.337 e. The van der Waals surface area contributed by atoms with Gasteiger partial charge >= 0.3 is 5.97 Å². The number of anilines is 1. The lowest BCUT2D eigenvalue weighted by atomic mass is 10.0. The predicted octanol–water partition coefficient (Wildman–Crippen LogP) is 3.83. The molecule has 2 aromatic rings. The van der Waals surface area contributed by atoms with Gasteiger partial charge in [-0.15, -0.1) is 0 Å². The molecule has 0 radical (unpaired) electrons. The summed E-state index contributed by atoms with van der Waals surface area (Å²) in [6, 6.07) is 15.3. The Kier molecular flexibility index (Phi) is 5.71. The van der Waals surface area contributed by atoms with E-state index in [1.165, 1.54) is 18.2 Å². The van der Waals surface area contributed by atoms with Crippen molar-refractivity contribution in [2.75, 3.05) is 12.4 Å². The summed E-state index contributed by atoms with van der Waals surface area (Å²) < 4.78 is 4.72. The van der Waals surface area contributed by atoms with Gasteiger partial charge in [0.15, 0.2) is 5.11 Å². The maximum Gasteiger partial charge on any atom is 0.337 e. The van der Waals surface area contributed by atoms with E-state index in [2.05, 4.69) is 36.6 Å². The van der Waals surface area contributed by atoms with Crippen LogP contribution in [0.25, 0.3) is 0 Å². The topological polar surface area (TPSA) is 50.4 Å². The van der Waals surface area contributed by atoms with E-state index in [9.17, 15) is 4.79 Å². The van der Waals surface area contributed by atoms with Gasteiger partial charge < -0.3 is 15.4 Å². The number of methoxy groups -OCH3 is 1. The van der Waals surface area contributed by atoms with Crippen LogP contribution in [0.4, 0.5) is 5.69 Å². The van der Waals surface area contributed by atoms with Crippen LogP contribution < -0.4 is 10.6 Å². The Morgan fingerprint density at radius 3 is 2.61 bits per heavy atom. The van der Waals surface area contributed by atoms with Crippen molar-refractivity contribution >= 4 is 29.0 Å². The molecule has 0 aliphatic heterocycles. The van der Waals surface area contributed by atoms with E-state index in [4.69, 9.17) is 17.0 Å². The monoisotopic (exact) mass is 328 g/mol. The number of benzene rings is 2. The van der Waals surface area contributed by atoms with Crippen molar-refractivity contribution in [1.29, 1.82) is 0 Å². The number of thiocarbonyl (C=S) groups is 1. The molecule has 4 nitrogen and oxygen atoms in total. The van der Waals surface area contributed by atoms with Crippen molar-refractivity contribution in [3.05, 3.63) is 65.2 Å². The van der Waals surface area contributed by atoms with E-state index < -0.39 is 0 Å². The molecule has 1 atom stereocenters. The number of carbonyl (C=O) groups is 1. The summed E-state index contributed by atoms with van der Waals surface area (Å²) in [5.74, 6) is -0.374. The highest BCUT2D eigenvalue weighted by atomic mass is 32.1. The van der Waals surface area contributed by atoms with Crippen molar-refractivity contribution in [3.8, 4) is 0 Å². The van der Waals surface area contributed by atoms with Crippen LogP contribution in [0.3, 0.4) is 0 Å². The first-order valence-corrected chi connectivity index (χ1v) is 7.73. The van der Waals surface area contributed by atoms with E-state index in [0.717, 1.165) is 5.69 Å². The second-order valence-corrected chi connectivity index (χ2v) is 5.66. The molecule has 2 aromatic carbocycles. The molecule has 2 N–H and O–H groups in total. The van der Waals surface area contributed by atoms with Crippen molar-refractivity contribution in [3.63, 3.8) is 0 Å². The van der Waals surface area contributed by atoms with E-state index in [1.54, 1.807) is 18.2 Å². The van der Waals surface area contributed by atoms with Crippen molar-refractivity contribution in [1.82, 2.24) is 5.32 Å². The summed E-state index contributed by atoms with van der Waals surface area (Å²) >= 11 is 5.35. The summed E-state index contributed by atoms with van der Waals surface area (Å²) in [4.78, 5) is 11.6. The number of aryl methyl sites for hydroxylation is 1. The molecule has 0 saturated heterocycles. The minimum Gasteiger partial charge on any atom is -0.465 e. The summed E-state index contributed by atoms with van der Waals surface area (Å²) in [5.41, 5.74) is 3.62. The Labute approximate surface area is 141 Å². The van der Waals surface area contributed by atoms with Gasteiger partial charge in [0.1, 0.15) is 0 Å². The number of hydrogen-bond acceptors (Lipinski definition) is 3. The molecule has 0 bridgehead atoms. The summed E-state index contributed by atoms with van der Waals surface area (Å²) in [6.45, 7) is 4.13. The third-order valence-electron chi connectivity index (χ3n) is 3.54. The van der Waals surface area contributed by atoms with Gasteiger partial charge in [0.05, 0.1) is 18.7 Å². The number of carbonyl (C=O) groups excluding carboxylic acids is 1. The second kappa shape index (κ2) is 7.74. The number of hydrogen-bond donors (Lipinski definition) is 2. The molecule has 0 fully saturated rings. The van der Waals surface area contributed by atoms with Gasteiger partial charge in [-0.25, -0.2) is 4.79 Å². The number of ether oxygens (including phenoxy) is 1. The average Bonchev–Trinajstić information content (AvgIpc) is 2.54. The lowest BCUT2D eigenvalue weighted by molar-refractivity contribution is 0.0601. The minimum atomic E-state index is -0.374. The zero-order valence-corrected chi connectivity index (χ0v) is 14.2. The molecule has 0 saturated carbocycles. The van der Waals surface area contributed by atoms with Crippen LogP contribution in [0.15, 0.2) is 48.5 Å². The molecule has 23 heavy (non-hydrogen) atoms. The van der Waals surface area contributed by atoms with Gasteiger partial charge in [0.25, 0.3) is 0 Å². The Morgan fingerprint density at radius 1 is 1.17 bits per heavy atom. The number of rotatable bonds is 4. The molecule has 0 heterocycles. The van der Waals surface area contributed by atoms with E-state index in [-0.39, 0.29) is 12.0 Å². The van der Waals surface area contributed by atoms with Crippen molar-refractivity contribution in [2.45, 2.75) is 19.9 Å². The Hall–Kier alpha value is -2.40. The third kappa shape index (κ3) is 4.53. The lowest BCUT2D eigenvalue weighted by Gasteiger charge is -2.19. The Morgan fingerprint density at radius 2 is 1.91 bits per heavy atom. The zero-order valence-electron chi connectivity index (χ0n) is 13.4. The fraction of sp³-hybridized carbons (Fsp3) is 0.222. The minimum absolute atomic E-state index is 0.0833. The van der Waals surface area contributed by atoms with Gasteiger partial charge in [-0.1, -0.05) is 30.3 Å². The Bertz CT molecular complexity index is 716. The maximum atomic E-state index is 11.6. The first-order chi connectivity index (χ1) is 11.0. The molecule has 0 aliphatic rings. The quantitative estimate of drug-likeness (QED) is 0.660. The average molecular weight is 328 g/mol. The molecule has 0 spiro atoms. The predicted molar refractivity (Wildman–Crippen MR) is 96.7 cm³/mol. The standard InChI is InChI=1S/C18H20N2O2S/c1-12-7-4-5-10-16(12)13(2)19-18(23)20-15-9-6-8-14(11-15)17(21)22-3/h4-11,13H,1-3H3,(H2,19,20,23). The summed E-state index contributed by atoms with van der Waals surface area (Å²) in [6.07, 6.45) is 0. The SMILES string of the molecule is COC(=O)c1cccc(NC(=S)NC(C)c2ccccc2C)c1. The maximum absolute atomic E-state index is 11.6. The fourth-order valence-electron chi connectivity index (χ4n) is 2.36. The van der Waals surface area contributed by atoms with Crippen LogP contribution >= 0.6 is 12.2 Å². The van der Waals surface area contributed by atoms with Crippen molar-refractivity contribution in [2.24, 2.45) is 0 Å². The van der Waals surface area contributed by atoms with Crippen LogP contribution in [-0.4, -0.2) is 18.2 Å². The first kappa shape index (κ1) is 17.0. The number of nitrogens with one attached hydrogen (secondary N) is 2. The van der Waals surface area contributed by atoms with Crippen LogP contribution in [0.5, 0.6) is 0 Å². The largest absolute Gasteiger partial charge is 0.465 e. The highest BCUT2D eigenvalue weighted by Crippen LogP contribution is 2.17. The molecule has 120 valence electrons. The van der Waals surface area contributed by atoms with Crippen LogP contribution in [-0.2, 0) is 4.74 Å².